The first-order chi connectivity index (χ1) is 7.65. The number of rotatable bonds is 7. The van der Waals surface area contributed by atoms with Crippen molar-refractivity contribution in [3.8, 4) is 0 Å². The van der Waals surface area contributed by atoms with Crippen LogP contribution < -0.4 is 5.32 Å². The molecule has 0 aromatic carbocycles. The van der Waals surface area contributed by atoms with Gasteiger partial charge in [0.2, 0.25) is 0 Å². The molecule has 1 aromatic heterocycles. The van der Waals surface area contributed by atoms with Crippen LogP contribution in [-0.4, -0.2) is 41.3 Å². The first-order valence-electron chi connectivity index (χ1n) is 5.53. The van der Waals surface area contributed by atoms with Crippen LogP contribution in [0, 0.1) is 0 Å². The van der Waals surface area contributed by atoms with Crippen LogP contribution in [0.3, 0.4) is 0 Å². The summed E-state index contributed by atoms with van der Waals surface area (Å²) in [5, 5.41) is 16.9. The topological polar surface area (TPSA) is 59.3 Å². The van der Waals surface area contributed by atoms with Gasteiger partial charge in [0.25, 0.3) is 0 Å². The molecule has 0 fully saturated rings. The molecule has 0 aliphatic rings. The fourth-order valence-corrected chi connectivity index (χ4v) is 1.66. The van der Waals surface area contributed by atoms with Crippen LogP contribution in [0.5, 0.6) is 0 Å². The Labute approximate surface area is 96.4 Å². The molecule has 1 rings (SSSR count). The average molecular weight is 227 g/mol. The molecule has 0 bridgehead atoms. The number of ether oxygens (including phenoxy) is 1. The normalized spacial score (nSPS) is 15.0. The van der Waals surface area contributed by atoms with Crippen LogP contribution in [0.25, 0.3) is 0 Å². The van der Waals surface area contributed by atoms with Crippen molar-refractivity contribution in [1.82, 2.24) is 15.1 Å². The number of methoxy groups -OCH3 is 1. The van der Waals surface area contributed by atoms with E-state index in [2.05, 4.69) is 17.3 Å². The van der Waals surface area contributed by atoms with Crippen molar-refractivity contribution in [3.63, 3.8) is 0 Å². The van der Waals surface area contributed by atoms with E-state index in [-0.39, 0.29) is 6.04 Å². The maximum atomic E-state index is 9.46. The van der Waals surface area contributed by atoms with Crippen LogP contribution >= 0.6 is 0 Å². The van der Waals surface area contributed by atoms with E-state index in [0.29, 0.717) is 13.0 Å². The maximum Gasteiger partial charge on any atom is 0.0785 e. The zero-order valence-electron chi connectivity index (χ0n) is 10.2. The van der Waals surface area contributed by atoms with Crippen molar-refractivity contribution in [2.24, 2.45) is 7.05 Å². The Morgan fingerprint density at radius 2 is 2.38 bits per heavy atom. The molecule has 0 aliphatic carbocycles. The Kier molecular flexibility index (Phi) is 5.45. The minimum absolute atomic E-state index is 0.238. The van der Waals surface area contributed by atoms with E-state index < -0.39 is 6.10 Å². The van der Waals surface area contributed by atoms with Crippen LogP contribution in [0.4, 0.5) is 0 Å². The fraction of sp³-hybridized carbons (Fsp3) is 0.727. The fourth-order valence-electron chi connectivity index (χ4n) is 1.66. The van der Waals surface area contributed by atoms with E-state index in [0.717, 1.165) is 12.2 Å². The van der Waals surface area contributed by atoms with Crippen LogP contribution in [-0.2, 0) is 11.8 Å². The lowest BCUT2D eigenvalue weighted by atomic mass is 10.2. The second-order valence-electron chi connectivity index (χ2n) is 3.95. The highest BCUT2D eigenvalue weighted by molar-refractivity contribution is 5.04. The zero-order chi connectivity index (χ0) is 12.0. The SMILES string of the molecule is COCC(O)CCNC(C)c1ccnn1C. The van der Waals surface area contributed by atoms with Gasteiger partial charge < -0.3 is 15.2 Å². The minimum atomic E-state index is -0.392. The summed E-state index contributed by atoms with van der Waals surface area (Å²) < 4.78 is 6.71. The van der Waals surface area contributed by atoms with Gasteiger partial charge in [0, 0.05) is 26.4 Å². The van der Waals surface area contributed by atoms with Gasteiger partial charge in [-0.1, -0.05) is 0 Å². The summed E-state index contributed by atoms with van der Waals surface area (Å²) >= 11 is 0. The van der Waals surface area contributed by atoms with E-state index >= 15 is 0 Å². The van der Waals surface area contributed by atoms with Gasteiger partial charge >= 0.3 is 0 Å². The maximum absolute atomic E-state index is 9.46. The lowest BCUT2D eigenvalue weighted by Gasteiger charge is -2.15. The molecule has 0 amide bonds. The Morgan fingerprint density at radius 1 is 1.62 bits per heavy atom. The summed E-state index contributed by atoms with van der Waals surface area (Å²) in [5.41, 5.74) is 1.14. The molecule has 1 heterocycles. The van der Waals surface area contributed by atoms with E-state index in [1.807, 2.05) is 17.8 Å². The van der Waals surface area contributed by atoms with Crippen molar-refractivity contribution >= 4 is 0 Å². The molecule has 2 N–H and O–H groups in total. The Hall–Kier alpha value is -0.910. The first kappa shape index (κ1) is 13.2. The first-order valence-corrected chi connectivity index (χ1v) is 5.53. The second-order valence-corrected chi connectivity index (χ2v) is 3.95. The number of nitrogens with zero attached hydrogens (tertiary/aromatic N) is 2. The second kappa shape index (κ2) is 6.62. The predicted molar refractivity (Wildman–Crippen MR) is 62.1 cm³/mol. The van der Waals surface area contributed by atoms with Gasteiger partial charge in [-0.25, -0.2) is 0 Å². The van der Waals surface area contributed by atoms with Gasteiger partial charge in [0.1, 0.15) is 0 Å². The average Bonchev–Trinajstić information content (AvgIpc) is 2.64. The molecule has 16 heavy (non-hydrogen) atoms. The smallest absolute Gasteiger partial charge is 0.0785 e. The molecule has 2 atom stereocenters. The molecule has 1 aromatic rings. The lowest BCUT2D eigenvalue weighted by molar-refractivity contribution is 0.0590. The van der Waals surface area contributed by atoms with E-state index in [9.17, 15) is 5.11 Å². The van der Waals surface area contributed by atoms with Gasteiger partial charge in [-0.3, -0.25) is 4.68 Å². The largest absolute Gasteiger partial charge is 0.391 e. The molecule has 0 saturated heterocycles. The van der Waals surface area contributed by atoms with Crippen molar-refractivity contribution in [1.29, 1.82) is 0 Å². The quantitative estimate of drug-likeness (QED) is 0.711. The summed E-state index contributed by atoms with van der Waals surface area (Å²) in [7, 11) is 3.52. The highest BCUT2D eigenvalue weighted by Crippen LogP contribution is 2.09. The summed E-state index contributed by atoms with van der Waals surface area (Å²) in [6.07, 6.45) is 2.08. The highest BCUT2D eigenvalue weighted by atomic mass is 16.5. The van der Waals surface area contributed by atoms with Gasteiger partial charge in [0.15, 0.2) is 0 Å². The number of aromatic nitrogens is 2. The third-order valence-electron chi connectivity index (χ3n) is 2.59. The number of hydrogen-bond acceptors (Lipinski definition) is 4. The highest BCUT2D eigenvalue weighted by Gasteiger charge is 2.09. The monoisotopic (exact) mass is 227 g/mol. The Balaban J connectivity index is 2.25. The van der Waals surface area contributed by atoms with Crippen LogP contribution in [0.15, 0.2) is 12.3 Å². The molecule has 5 heteroatoms. The van der Waals surface area contributed by atoms with Crippen LogP contribution in [0.1, 0.15) is 25.1 Å². The number of nitrogens with one attached hydrogen (secondary N) is 1. The van der Waals surface area contributed by atoms with Crippen molar-refractivity contribution < 1.29 is 9.84 Å². The molecule has 0 saturated carbocycles. The molecular weight excluding hydrogens is 206 g/mol. The van der Waals surface area contributed by atoms with E-state index in [4.69, 9.17) is 4.74 Å². The van der Waals surface area contributed by atoms with Crippen molar-refractivity contribution in [3.05, 3.63) is 18.0 Å². The van der Waals surface area contributed by atoms with E-state index in [1.165, 1.54) is 0 Å². The van der Waals surface area contributed by atoms with Crippen molar-refractivity contribution in [2.75, 3.05) is 20.3 Å². The van der Waals surface area contributed by atoms with Gasteiger partial charge in [-0.05, 0) is 26.0 Å². The molecule has 5 nitrogen and oxygen atoms in total. The number of aliphatic hydroxyl groups is 1. The summed E-state index contributed by atoms with van der Waals surface area (Å²) in [5.74, 6) is 0. The zero-order valence-corrected chi connectivity index (χ0v) is 10.2. The number of aliphatic hydroxyl groups excluding tert-OH is 1. The lowest BCUT2D eigenvalue weighted by Crippen LogP contribution is -2.26. The molecular formula is C11H21N3O2. The van der Waals surface area contributed by atoms with Crippen molar-refractivity contribution in [2.45, 2.75) is 25.5 Å². The number of hydrogen-bond donors (Lipinski definition) is 2. The van der Waals surface area contributed by atoms with Gasteiger partial charge in [-0.2, -0.15) is 5.10 Å². The number of aryl methyl sites for hydroxylation is 1. The summed E-state index contributed by atoms with van der Waals surface area (Å²) in [6.45, 7) is 3.23. The third-order valence-corrected chi connectivity index (χ3v) is 2.59. The Morgan fingerprint density at radius 3 is 2.94 bits per heavy atom. The minimum Gasteiger partial charge on any atom is -0.391 e. The standard InChI is InChI=1S/C11H21N3O2/c1-9(11-5-7-13-14(11)2)12-6-4-10(15)8-16-3/h5,7,9-10,12,15H,4,6,8H2,1-3H3. The molecule has 0 aliphatic heterocycles. The van der Waals surface area contributed by atoms with Crippen LogP contribution in [0.2, 0.25) is 0 Å². The van der Waals surface area contributed by atoms with E-state index in [1.54, 1.807) is 13.3 Å². The molecule has 2 unspecified atom stereocenters. The molecule has 92 valence electrons. The van der Waals surface area contributed by atoms with Gasteiger partial charge in [0.05, 0.1) is 18.4 Å². The summed E-state index contributed by atoms with van der Waals surface area (Å²) in [4.78, 5) is 0. The molecule has 0 spiro atoms. The predicted octanol–water partition coefficient (Wildman–Crippen LogP) is 0.468. The Bertz CT molecular complexity index is 301. The summed E-state index contributed by atoms with van der Waals surface area (Å²) in [6, 6.07) is 2.23. The molecule has 0 radical (unpaired) electrons. The third kappa shape index (κ3) is 3.92. The van der Waals surface area contributed by atoms with Gasteiger partial charge in [-0.15, -0.1) is 0 Å².